The van der Waals surface area contributed by atoms with Crippen LogP contribution in [0.5, 0.6) is 0 Å². The average Bonchev–Trinajstić information content (AvgIpc) is 3.20. The highest BCUT2D eigenvalue weighted by atomic mass is 35.6. The van der Waals surface area contributed by atoms with Gasteiger partial charge in [-0.3, -0.25) is 53.4 Å². The fraction of sp³-hybridized carbons (Fsp3) is 0.725. The first-order valence-electron chi connectivity index (χ1n) is 20.7. The predicted molar refractivity (Wildman–Crippen MR) is 224 cm³/mol. The monoisotopic (exact) mass is 1070 g/mol. The smallest absolute Gasteiger partial charge is 0.303 e. The van der Waals surface area contributed by atoms with Gasteiger partial charge in [0.25, 0.3) is 3.79 Å². The predicted octanol–water partition coefficient (Wildman–Crippen LogP) is 0.507. The second-order valence-corrected chi connectivity index (χ2v) is 17.5. The van der Waals surface area contributed by atoms with Gasteiger partial charge < -0.3 is 75.8 Å². The van der Waals surface area contributed by atoms with Crippen LogP contribution in [0, 0.1) is 5.41 Å². The Morgan fingerprint density at radius 2 is 0.600 bits per heavy atom. The largest absolute Gasteiger partial charge is 0.463 e. The minimum Gasteiger partial charge on any atom is -0.463 e. The van der Waals surface area contributed by atoms with Crippen molar-refractivity contribution >= 4 is 100 Å². The maximum Gasteiger partial charge on any atom is 0.303 e. The lowest BCUT2D eigenvalue weighted by Gasteiger charge is -2.50. The molecule has 0 aliphatic carbocycles. The molecule has 30 heteroatoms. The van der Waals surface area contributed by atoms with Crippen LogP contribution in [0.15, 0.2) is 0 Å². The summed E-state index contributed by atoms with van der Waals surface area (Å²) >= 11 is 17.5. The van der Waals surface area contributed by atoms with Crippen LogP contribution in [0.1, 0.15) is 69.2 Å². The molecule has 3 saturated heterocycles. The Kier molecular flexibility index (Phi) is 22.3. The standard InChI is InChI=1S/C40H52Cl3NO26/c1-14(45)55-11-24-27(58-17(4)48)30(59-18(5)49)33(62-21(8)52)36(65-24)68-28-25(12-56-15(2)46)66-37(34(63-22(9)53)31(28)60-19(6)50)69-29-26(13-57-16(3)47)67-38(70-39(44)40(41,42)43)35(64-23(10)54)32(29)61-20(7)51/h24-38,44H,11-13H2,1-10H3/t24-,25-,26-,27+,28+,29-,30+,31+,32+,33-,34-,35-,36-,37+,38?/m1/s1. The van der Waals surface area contributed by atoms with E-state index in [1.54, 1.807) is 0 Å². The van der Waals surface area contributed by atoms with Gasteiger partial charge in [-0.2, -0.15) is 0 Å². The molecule has 0 spiro atoms. The van der Waals surface area contributed by atoms with Crippen molar-refractivity contribution in [2.75, 3.05) is 19.8 Å². The van der Waals surface area contributed by atoms with Crippen LogP contribution in [-0.2, 0) is 124 Å². The number of ether oxygens (including phenoxy) is 16. The number of carbonyl (C=O) groups excluding carboxylic acids is 10. The summed E-state index contributed by atoms with van der Waals surface area (Å²) in [6, 6.07) is 0. The van der Waals surface area contributed by atoms with Crippen LogP contribution in [0.3, 0.4) is 0 Å². The Bertz CT molecular complexity index is 1960. The maximum atomic E-state index is 13.0. The van der Waals surface area contributed by atoms with Crippen molar-refractivity contribution in [3.8, 4) is 0 Å². The number of hydrogen-bond donors (Lipinski definition) is 1. The average molecular weight is 1070 g/mol. The molecule has 0 amide bonds. The summed E-state index contributed by atoms with van der Waals surface area (Å²) in [4.78, 5) is 125. The van der Waals surface area contributed by atoms with Crippen molar-refractivity contribution in [3.05, 3.63) is 0 Å². The third-order valence-corrected chi connectivity index (χ3v) is 9.83. The Morgan fingerprint density at radius 1 is 0.357 bits per heavy atom. The minimum absolute atomic E-state index is 0.706. The molecule has 3 aliphatic rings. The zero-order chi connectivity index (χ0) is 52.9. The lowest BCUT2D eigenvalue weighted by molar-refractivity contribution is -0.378. The van der Waals surface area contributed by atoms with Crippen molar-refractivity contribution in [1.29, 1.82) is 5.41 Å². The first-order valence-corrected chi connectivity index (χ1v) is 21.8. The van der Waals surface area contributed by atoms with Crippen molar-refractivity contribution in [2.24, 2.45) is 0 Å². The van der Waals surface area contributed by atoms with Crippen LogP contribution in [0.4, 0.5) is 0 Å². The zero-order valence-electron chi connectivity index (χ0n) is 39.0. The van der Waals surface area contributed by atoms with E-state index >= 15 is 0 Å². The van der Waals surface area contributed by atoms with Gasteiger partial charge in [0.05, 0.1) is 0 Å². The lowest BCUT2D eigenvalue weighted by Crippen LogP contribution is -2.69. The van der Waals surface area contributed by atoms with Gasteiger partial charge in [0.1, 0.15) is 50.3 Å². The zero-order valence-corrected chi connectivity index (χ0v) is 41.3. The van der Waals surface area contributed by atoms with Crippen LogP contribution in [0.25, 0.3) is 0 Å². The third-order valence-electron chi connectivity index (χ3n) is 9.31. The van der Waals surface area contributed by atoms with Crippen LogP contribution >= 0.6 is 34.8 Å². The molecule has 0 aromatic heterocycles. The van der Waals surface area contributed by atoms with Crippen molar-refractivity contribution in [1.82, 2.24) is 0 Å². The van der Waals surface area contributed by atoms with E-state index in [2.05, 4.69) is 0 Å². The molecule has 3 fully saturated rings. The Balaban J connectivity index is 2.32. The number of nitrogens with one attached hydrogen (secondary N) is 1. The first-order chi connectivity index (χ1) is 32.5. The fourth-order valence-corrected chi connectivity index (χ4v) is 7.17. The summed E-state index contributed by atoms with van der Waals surface area (Å²) in [5.74, 6) is -11.1. The van der Waals surface area contributed by atoms with Gasteiger partial charge in [0.2, 0.25) is 18.3 Å². The van der Waals surface area contributed by atoms with Crippen LogP contribution in [-0.4, -0.2) is 181 Å². The molecule has 1 N–H and O–H groups in total. The molecule has 70 heavy (non-hydrogen) atoms. The Hall–Kier alpha value is -5.16. The van der Waals surface area contributed by atoms with Gasteiger partial charge in [-0.25, -0.2) is 0 Å². The summed E-state index contributed by atoms with van der Waals surface area (Å²) in [6.45, 7) is 7.28. The van der Waals surface area contributed by atoms with Gasteiger partial charge in [0.15, 0.2) is 49.2 Å². The molecule has 27 nitrogen and oxygen atoms in total. The molecule has 15 atom stereocenters. The lowest BCUT2D eigenvalue weighted by atomic mass is 9.95. The van der Waals surface area contributed by atoms with Gasteiger partial charge in [-0.05, 0) is 0 Å². The summed E-state index contributed by atoms with van der Waals surface area (Å²) in [5, 5.41) is 8.18. The van der Waals surface area contributed by atoms with Crippen molar-refractivity contribution < 1.29 is 124 Å². The molecular weight excluding hydrogens is 1020 g/mol. The van der Waals surface area contributed by atoms with E-state index in [1.165, 1.54) is 0 Å². The summed E-state index contributed by atoms with van der Waals surface area (Å²) in [7, 11) is 0. The van der Waals surface area contributed by atoms with Crippen molar-refractivity contribution in [3.63, 3.8) is 0 Å². The summed E-state index contributed by atoms with van der Waals surface area (Å²) in [5.41, 5.74) is 0. The van der Waals surface area contributed by atoms with Crippen LogP contribution < -0.4 is 0 Å². The number of halogens is 3. The van der Waals surface area contributed by atoms with Crippen LogP contribution in [0.2, 0.25) is 0 Å². The fourth-order valence-electron chi connectivity index (χ4n) is 7.03. The van der Waals surface area contributed by atoms with Gasteiger partial charge in [-0.15, -0.1) is 0 Å². The van der Waals surface area contributed by atoms with Gasteiger partial charge in [-0.1, -0.05) is 34.8 Å². The van der Waals surface area contributed by atoms with E-state index in [0.29, 0.717) is 0 Å². The third kappa shape index (κ3) is 17.9. The van der Waals surface area contributed by atoms with E-state index in [-0.39, 0.29) is 0 Å². The molecule has 3 aliphatic heterocycles. The molecular formula is C40H52Cl3NO26. The van der Waals surface area contributed by atoms with E-state index in [4.69, 9.17) is 116 Å². The molecule has 0 radical (unpaired) electrons. The maximum absolute atomic E-state index is 13.0. The highest BCUT2D eigenvalue weighted by Gasteiger charge is 2.60. The topological polar surface area (TPSA) is 342 Å². The SMILES string of the molecule is CC(=O)OC[C@H]1O[C@H](O[C@@H]2[C@H](OC(C)=O)[C@@H](OC(C)=O)[C@H](O[C@H]3[C@H](OC(C)=O)[C@@H](OC(C)=O)C(OC(=N)C(Cl)(Cl)Cl)O[C@@H]3COC(C)=O)O[C@@H]2COC(C)=O)[C@H](OC(C)=O)[C@@H](OC(C)=O)[C@H]1OC(C)=O. The number of alkyl halides is 3. The molecule has 3 heterocycles. The highest BCUT2D eigenvalue weighted by Crippen LogP contribution is 2.39. The van der Waals surface area contributed by atoms with E-state index in [1.807, 2.05) is 0 Å². The molecule has 0 aromatic carbocycles. The summed E-state index contributed by atoms with van der Waals surface area (Å²) < 4.78 is 88.3. The molecule has 394 valence electrons. The Labute approximate surface area is 413 Å². The molecule has 3 rings (SSSR count). The quantitative estimate of drug-likeness (QED) is 0.0642. The number of esters is 10. The van der Waals surface area contributed by atoms with E-state index < -0.39 is 181 Å². The number of hydrogen-bond acceptors (Lipinski definition) is 27. The number of carbonyl (C=O) groups is 10. The minimum atomic E-state index is -2.54. The molecule has 0 saturated carbocycles. The molecule has 0 bridgehead atoms. The van der Waals surface area contributed by atoms with Gasteiger partial charge >= 0.3 is 59.7 Å². The Morgan fingerprint density at radius 3 is 0.886 bits per heavy atom. The number of rotatable bonds is 18. The van der Waals surface area contributed by atoms with E-state index in [0.717, 1.165) is 69.2 Å². The highest BCUT2D eigenvalue weighted by molar-refractivity contribution is 6.76. The van der Waals surface area contributed by atoms with E-state index in [9.17, 15) is 47.9 Å². The molecule has 1 unspecified atom stereocenters. The second-order valence-electron chi connectivity index (χ2n) is 15.2. The second kappa shape index (κ2) is 26.3. The first kappa shape index (κ1) is 59.2. The summed E-state index contributed by atoms with van der Waals surface area (Å²) in [6.07, 6.45) is -28.2. The molecule has 0 aromatic rings. The van der Waals surface area contributed by atoms with Crippen molar-refractivity contribution in [2.45, 2.75) is 165 Å². The normalized spacial score (nSPS) is 30.7. The van der Waals surface area contributed by atoms with Gasteiger partial charge in [0, 0.05) is 69.2 Å².